The summed E-state index contributed by atoms with van der Waals surface area (Å²) in [6.45, 7) is 0. The molecule has 6 amide bonds. The van der Waals surface area contributed by atoms with Gasteiger partial charge < -0.3 is 49.1 Å². The van der Waals surface area contributed by atoms with Crippen molar-refractivity contribution < 1.29 is 48.6 Å². The van der Waals surface area contributed by atoms with Gasteiger partial charge in [-0.2, -0.15) is 0 Å². The third-order valence-corrected chi connectivity index (χ3v) is 4.65. The number of nitrogens with two attached hydrogens (primary N) is 4. The van der Waals surface area contributed by atoms with Crippen molar-refractivity contribution in [3.63, 3.8) is 0 Å². The minimum absolute atomic E-state index is 0.354. The lowest BCUT2D eigenvalue weighted by atomic mass is 10.1. The van der Waals surface area contributed by atoms with Crippen LogP contribution >= 0.6 is 0 Å². The quantitative estimate of drug-likeness (QED) is 0.0829. The number of rotatable bonds is 18. The maximum Gasteiger partial charge on any atom is 0.326 e. The van der Waals surface area contributed by atoms with E-state index >= 15 is 0 Å². The van der Waals surface area contributed by atoms with E-state index in [-0.39, 0.29) is 32.1 Å². The van der Waals surface area contributed by atoms with Crippen LogP contribution < -0.4 is 38.9 Å². The van der Waals surface area contributed by atoms with Crippen molar-refractivity contribution in [1.29, 1.82) is 0 Å². The van der Waals surface area contributed by atoms with Crippen molar-refractivity contribution in [1.82, 2.24) is 16.0 Å². The van der Waals surface area contributed by atoms with Crippen LogP contribution in [0.15, 0.2) is 0 Å². The van der Waals surface area contributed by atoms with Gasteiger partial charge in [0.05, 0.1) is 12.5 Å². The lowest BCUT2D eigenvalue weighted by Gasteiger charge is -2.25. The van der Waals surface area contributed by atoms with Gasteiger partial charge in [0.2, 0.25) is 35.4 Å². The summed E-state index contributed by atoms with van der Waals surface area (Å²) in [5, 5.41) is 24.5. The molecule has 0 rings (SSSR count). The van der Waals surface area contributed by atoms with Crippen LogP contribution in [0, 0.1) is 0 Å². The molecule has 0 aromatic carbocycles. The maximum absolute atomic E-state index is 12.8. The van der Waals surface area contributed by atoms with Crippen molar-refractivity contribution >= 4 is 47.4 Å². The van der Waals surface area contributed by atoms with Gasteiger partial charge in [0.15, 0.2) is 0 Å². The lowest BCUT2D eigenvalue weighted by Crippen LogP contribution is -2.57. The summed E-state index contributed by atoms with van der Waals surface area (Å²) in [7, 11) is 0. The summed E-state index contributed by atoms with van der Waals surface area (Å²) in [5.41, 5.74) is 20.6. The Bertz CT molecular complexity index is 879. The normalized spacial score (nSPS) is 13.8. The van der Waals surface area contributed by atoms with Gasteiger partial charge in [-0.1, -0.05) is 0 Å². The number of primary amides is 3. The second kappa shape index (κ2) is 15.6. The van der Waals surface area contributed by atoms with Gasteiger partial charge in [0.25, 0.3) is 0 Å². The number of carbonyl (C=O) groups is 8. The highest BCUT2D eigenvalue weighted by molar-refractivity contribution is 5.95. The molecule has 0 aliphatic rings. The summed E-state index contributed by atoms with van der Waals surface area (Å²) < 4.78 is 0. The molecule has 0 aromatic heterocycles. The maximum atomic E-state index is 12.8. The number of carboxylic acid groups (broad SMARTS) is 2. The van der Waals surface area contributed by atoms with Crippen LogP contribution in [0.3, 0.4) is 0 Å². The molecule has 0 spiro atoms. The Labute approximate surface area is 204 Å². The highest BCUT2D eigenvalue weighted by Crippen LogP contribution is 2.05. The Kier molecular flexibility index (Phi) is 13.7. The third-order valence-electron chi connectivity index (χ3n) is 4.65. The first-order valence-corrected chi connectivity index (χ1v) is 10.6. The Balaban J connectivity index is 5.66. The van der Waals surface area contributed by atoms with Crippen LogP contribution in [-0.4, -0.2) is 81.8 Å². The van der Waals surface area contributed by atoms with Crippen molar-refractivity contribution in [2.45, 2.75) is 69.1 Å². The predicted molar refractivity (Wildman–Crippen MR) is 119 cm³/mol. The van der Waals surface area contributed by atoms with E-state index in [0.29, 0.717) is 0 Å². The molecule has 202 valence electrons. The molecule has 0 fully saturated rings. The van der Waals surface area contributed by atoms with Crippen LogP contribution in [0.5, 0.6) is 0 Å². The van der Waals surface area contributed by atoms with Gasteiger partial charge in [-0.25, -0.2) is 4.79 Å². The molecule has 4 atom stereocenters. The van der Waals surface area contributed by atoms with Crippen LogP contribution in [0.1, 0.15) is 44.9 Å². The highest BCUT2D eigenvalue weighted by atomic mass is 16.4. The molecule has 0 heterocycles. The number of amides is 6. The first-order chi connectivity index (χ1) is 16.6. The summed E-state index contributed by atoms with van der Waals surface area (Å²) >= 11 is 0. The SMILES string of the molecule is NC(=O)CCC(NC(=O)C(CCC(N)=O)NC(=O)C(CCC(N)=O)NC(=O)C(N)CC(=O)O)C(=O)O. The van der Waals surface area contributed by atoms with Crippen molar-refractivity contribution in [3.8, 4) is 0 Å². The van der Waals surface area contributed by atoms with Crippen LogP contribution in [-0.2, 0) is 38.4 Å². The standard InChI is InChI=1S/C19H31N7O10/c20-8(7-15(30)31)16(32)24-9(1-4-12(21)27)17(33)25-10(2-5-13(22)28)18(34)26-11(19(35)36)3-6-14(23)29/h8-11H,1-7,20H2,(H2,21,27)(H2,22,28)(H2,23,29)(H,24,32)(H,25,33)(H,26,34)(H,30,31)(H,35,36). The molecule has 36 heavy (non-hydrogen) atoms. The minimum atomic E-state index is -1.56. The molecular weight excluding hydrogens is 486 g/mol. The Morgan fingerprint density at radius 3 is 1.25 bits per heavy atom. The number of aliphatic carboxylic acids is 2. The number of carboxylic acids is 2. The average molecular weight is 517 g/mol. The number of carbonyl (C=O) groups excluding carboxylic acids is 6. The van der Waals surface area contributed by atoms with Crippen LogP contribution in [0.25, 0.3) is 0 Å². The second-order valence-corrected chi connectivity index (χ2v) is 7.74. The monoisotopic (exact) mass is 517 g/mol. The molecule has 0 radical (unpaired) electrons. The van der Waals surface area contributed by atoms with E-state index in [4.69, 9.17) is 28.0 Å². The van der Waals surface area contributed by atoms with E-state index < -0.39 is 84.4 Å². The van der Waals surface area contributed by atoms with Crippen molar-refractivity contribution in [2.24, 2.45) is 22.9 Å². The topological polar surface area (TPSA) is 317 Å². The molecule has 0 aliphatic heterocycles. The third kappa shape index (κ3) is 13.4. The summed E-state index contributed by atoms with van der Waals surface area (Å²) in [5.74, 6) is -8.51. The fraction of sp³-hybridized carbons (Fsp3) is 0.579. The van der Waals surface area contributed by atoms with E-state index in [1.807, 2.05) is 0 Å². The summed E-state index contributed by atoms with van der Waals surface area (Å²) in [4.78, 5) is 93.2. The number of nitrogens with one attached hydrogen (secondary N) is 3. The molecule has 17 nitrogen and oxygen atoms in total. The Hall–Kier alpha value is -4.28. The van der Waals surface area contributed by atoms with Crippen LogP contribution in [0.4, 0.5) is 0 Å². The first-order valence-electron chi connectivity index (χ1n) is 10.6. The van der Waals surface area contributed by atoms with Crippen molar-refractivity contribution in [3.05, 3.63) is 0 Å². The fourth-order valence-corrected chi connectivity index (χ4v) is 2.76. The molecule has 0 saturated heterocycles. The van der Waals surface area contributed by atoms with Gasteiger partial charge in [0, 0.05) is 19.3 Å². The fourth-order valence-electron chi connectivity index (χ4n) is 2.76. The average Bonchev–Trinajstić information content (AvgIpc) is 2.75. The van der Waals surface area contributed by atoms with Gasteiger partial charge >= 0.3 is 11.9 Å². The van der Waals surface area contributed by atoms with Crippen molar-refractivity contribution in [2.75, 3.05) is 0 Å². The van der Waals surface area contributed by atoms with Gasteiger partial charge in [-0.15, -0.1) is 0 Å². The van der Waals surface area contributed by atoms with Crippen LogP contribution in [0.2, 0.25) is 0 Å². The van der Waals surface area contributed by atoms with E-state index in [0.717, 1.165) is 0 Å². The predicted octanol–water partition coefficient (Wildman–Crippen LogP) is -4.88. The highest BCUT2D eigenvalue weighted by Gasteiger charge is 2.31. The zero-order valence-electron chi connectivity index (χ0n) is 19.2. The zero-order valence-corrected chi connectivity index (χ0v) is 19.2. The molecular formula is C19H31N7O10. The molecule has 17 heteroatoms. The number of hydrogen-bond donors (Lipinski definition) is 9. The molecule has 4 unspecified atom stereocenters. The smallest absolute Gasteiger partial charge is 0.326 e. The van der Waals surface area contributed by atoms with E-state index in [2.05, 4.69) is 16.0 Å². The van der Waals surface area contributed by atoms with Gasteiger partial charge in [-0.05, 0) is 19.3 Å². The molecule has 0 saturated carbocycles. The van der Waals surface area contributed by atoms with E-state index in [1.165, 1.54) is 0 Å². The Morgan fingerprint density at radius 1 is 0.583 bits per heavy atom. The molecule has 0 aromatic rings. The Morgan fingerprint density at radius 2 is 0.917 bits per heavy atom. The zero-order chi connectivity index (χ0) is 28.0. The minimum Gasteiger partial charge on any atom is -0.481 e. The first kappa shape index (κ1) is 31.7. The van der Waals surface area contributed by atoms with Gasteiger partial charge in [0.1, 0.15) is 18.1 Å². The number of hydrogen-bond acceptors (Lipinski definition) is 9. The van der Waals surface area contributed by atoms with Gasteiger partial charge in [-0.3, -0.25) is 33.6 Å². The summed E-state index contributed by atoms with van der Waals surface area (Å²) in [6, 6.07) is -6.13. The largest absolute Gasteiger partial charge is 0.481 e. The summed E-state index contributed by atoms with van der Waals surface area (Å²) in [6.07, 6.45) is -3.00. The van der Waals surface area contributed by atoms with E-state index in [1.54, 1.807) is 0 Å². The molecule has 13 N–H and O–H groups in total. The van der Waals surface area contributed by atoms with E-state index in [9.17, 15) is 43.5 Å². The molecule has 0 aliphatic carbocycles. The second-order valence-electron chi connectivity index (χ2n) is 7.74. The lowest BCUT2D eigenvalue weighted by molar-refractivity contribution is -0.142. The molecule has 0 bridgehead atoms.